The van der Waals surface area contributed by atoms with E-state index in [1.165, 1.54) is 0 Å². The highest BCUT2D eigenvalue weighted by atomic mass is 16.1. The van der Waals surface area contributed by atoms with Crippen LogP contribution in [0.15, 0.2) is 61.2 Å². The van der Waals surface area contributed by atoms with E-state index in [0.717, 1.165) is 40.9 Å². The standard InChI is InChI=1S/C28H33N7O/c1-18(2)35-25(8-10-31-35)22-14-20(17-34-12-11-33(4)28(34)29)15-23(16-22)27(36)32-26(21-5-6-21)24-13-19(3)7-9-30-24/h7-16,18,21,26,29H,5-6,17H2,1-4H3,(H,32,36)/t26-/m1/s1. The van der Waals surface area contributed by atoms with Gasteiger partial charge in [-0.15, -0.1) is 0 Å². The number of rotatable bonds is 8. The number of carbonyl (C=O) groups excluding carboxylic acids is 1. The molecule has 2 N–H and O–H groups in total. The van der Waals surface area contributed by atoms with Crippen molar-refractivity contribution < 1.29 is 4.79 Å². The highest BCUT2D eigenvalue weighted by Gasteiger charge is 2.34. The van der Waals surface area contributed by atoms with E-state index in [9.17, 15) is 4.79 Å². The first kappa shape index (κ1) is 23.8. The van der Waals surface area contributed by atoms with Gasteiger partial charge in [-0.2, -0.15) is 5.10 Å². The van der Waals surface area contributed by atoms with Crippen LogP contribution >= 0.6 is 0 Å². The molecule has 1 atom stereocenters. The summed E-state index contributed by atoms with van der Waals surface area (Å²) in [6.07, 6.45) is 9.55. The van der Waals surface area contributed by atoms with E-state index in [1.54, 1.807) is 10.8 Å². The third-order valence-electron chi connectivity index (χ3n) is 6.77. The molecule has 36 heavy (non-hydrogen) atoms. The summed E-state index contributed by atoms with van der Waals surface area (Å²) in [6.45, 7) is 6.73. The van der Waals surface area contributed by atoms with E-state index in [0.29, 0.717) is 23.6 Å². The van der Waals surface area contributed by atoms with Gasteiger partial charge < -0.3 is 14.5 Å². The van der Waals surface area contributed by atoms with Crippen LogP contribution in [0.2, 0.25) is 0 Å². The zero-order valence-corrected chi connectivity index (χ0v) is 21.3. The lowest BCUT2D eigenvalue weighted by molar-refractivity contribution is 0.0930. The normalized spacial score (nSPS) is 14.2. The fourth-order valence-corrected chi connectivity index (χ4v) is 4.68. The smallest absolute Gasteiger partial charge is 0.251 e. The number of benzene rings is 1. The predicted octanol–water partition coefficient (Wildman–Crippen LogP) is 4.38. The Balaban J connectivity index is 1.52. The Morgan fingerprint density at radius 2 is 1.94 bits per heavy atom. The van der Waals surface area contributed by atoms with Gasteiger partial charge in [0.2, 0.25) is 5.62 Å². The Kier molecular flexibility index (Phi) is 6.35. The number of imidazole rings is 1. The van der Waals surface area contributed by atoms with E-state index in [1.807, 2.05) is 66.1 Å². The van der Waals surface area contributed by atoms with Gasteiger partial charge in [0.25, 0.3) is 5.91 Å². The summed E-state index contributed by atoms with van der Waals surface area (Å²) < 4.78 is 5.60. The molecule has 0 saturated heterocycles. The van der Waals surface area contributed by atoms with Crippen molar-refractivity contribution in [3.63, 3.8) is 0 Å². The van der Waals surface area contributed by atoms with Crippen molar-refractivity contribution in [1.29, 1.82) is 5.41 Å². The maximum absolute atomic E-state index is 13.7. The van der Waals surface area contributed by atoms with Crippen molar-refractivity contribution in [2.24, 2.45) is 13.0 Å². The zero-order chi connectivity index (χ0) is 25.4. The molecule has 1 saturated carbocycles. The van der Waals surface area contributed by atoms with Crippen molar-refractivity contribution in [3.8, 4) is 11.3 Å². The summed E-state index contributed by atoms with van der Waals surface area (Å²) in [7, 11) is 1.85. The number of aromatic nitrogens is 5. The fourth-order valence-electron chi connectivity index (χ4n) is 4.68. The first-order valence-electron chi connectivity index (χ1n) is 12.5. The molecule has 0 unspecified atom stereocenters. The highest BCUT2D eigenvalue weighted by molar-refractivity contribution is 5.96. The molecule has 8 heteroatoms. The average Bonchev–Trinajstić information content (AvgIpc) is 3.49. The molecule has 0 bridgehead atoms. The predicted molar refractivity (Wildman–Crippen MR) is 138 cm³/mol. The van der Waals surface area contributed by atoms with Crippen LogP contribution < -0.4 is 10.9 Å². The molecule has 0 radical (unpaired) electrons. The van der Waals surface area contributed by atoms with E-state index in [-0.39, 0.29) is 18.0 Å². The van der Waals surface area contributed by atoms with Gasteiger partial charge in [0.1, 0.15) is 0 Å². The number of nitrogens with zero attached hydrogens (tertiary/aromatic N) is 5. The SMILES string of the molecule is Cc1ccnc([C@H](NC(=O)c2cc(Cn3ccn(C)c3=N)cc(-c3ccnn3C(C)C)c2)C2CC2)c1. The van der Waals surface area contributed by atoms with Gasteiger partial charge >= 0.3 is 0 Å². The van der Waals surface area contributed by atoms with Crippen molar-refractivity contribution in [2.45, 2.75) is 52.2 Å². The highest BCUT2D eigenvalue weighted by Crippen LogP contribution is 2.40. The lowest BCUT2D eigenvalue weighted by atomic mass is 10.0. The van der Waals surface area contributed by atoms with Gasteiger partial charge in [0.05, 0.1) is 24.0 Å². The molecule has 3 aromatic heterocycles. The van der Waals surface area contributed by atoms with E-state index >= 15 is 0 Å². The van der Waals surface area contributed by atoms with Crippen LogP contribution in [0.1, 0.15) is 66.0 Å². The second kappa shape index (κ2) is 9.60. The molecule has 1 aliphatic carbocycles. The van der Waals surface area contributed by atoms with Crippen LogP contribution in [0.3, 0.4) is 0 Å². The molecule has 8 nitrogen and oxygen atoms in total. The first-order chi connectivity index (χ1) is 17.3. The Labute approximate surface area is 211 Å². The molecular weight excluding hydrogens is 450 g/mol. The molecule has 4 aromatic rings. The van der Waals surface area contributed by atoms with E-state index < -0.39 is 0 Å². The van der Waals surface area contributed by atoms with Crippen molar-refractivity contribution in [2.75, 3.05) is 0 Å². The van der Waals surface area contributed by atoms with Crippen LogP contribution in [-0.2, 0) is 13.6 Å². The number of carbonyl (C=O) groups is 1. The summed E-state index contributed by atoms with van der Waals surface area (Å²) in [5.74, 6) is 0.303. The summed E-state index contributed by atoms with van der Waals surface area (Å²) >= 11 is 0. The van der Waals surface area contributed by atoms with E-state index in [4.69, 9.17) is 5.41 Å². The van der Waals surface area contributed by atoms with Gasteiger partial charge in [0.15, 0.2) is 0 Å². The number of hydrogen-bond acceptors (Lipinski definition) is 4. The van der Waals surface area contributed by atoms with Crippen LogP contribution in [0.25, 0.3) is 11.3 Å². The lowest BCUT2D eigenvalue weighted by Crippen LogP contribution is -2.30. The van der Waals surface area contributed by atoms with Gasteiger partial charge in [-0.25, -0.2) is 0 Å². The Morgan fingerprint density at radius 3 is 2.61 bits per heavy atom. The Hall–Kier alpha value is -3.94. The lowest BCUT2D eigenvalue weighted by Gasteiger charge is -2.19. The molecular formula is C28H33N7O. The van der Waals surface area contributed by atoms with Crippen LogP contribution in [-0.4, -0.2) is 29.8 Å². The zero-order valence-electron chi connectivity index (χ0n) is 21.3. The number of amides is 1. The number of pyridine rings is 1. The van der Waals surface area contributed by atoms with Crippen molar-refractivity contribution >= 4 is 5.91 Å². The third kappa shape index (κ3) is 4.89. The second-order valence-electron chi connectivity index (χ2n) is 10.1. The third-order valence-corrected chi connectivity index (χ3v) is 6.77. The van der Waals surface area contributed by atoms with Crippen molar-refractivity contribution in [3.05, 3.63) is 89.2 Å². The van der Waals surface area contributed by atoms with E-state index in [2.05, 4.69) is 41.4 Å². The minimum atomic E-state index is -0.113. The molecule has 1 aliphatic rings. The second-order valence-corrected chi connectivity index (χ2v) is 10.1. The number of hydrogen-bond donors (Lipinski definition) is 2. The average molecular weight is 484 g/mol. The molecule has 1 aromatic carbocycles. The van der Waals surface area contributed by atoms with Gasteiger partial charge in [-0.05, 0) is 87.1 Å². The topological polar surface area (TPSA) is 93.5 Å². The quantitative estimate of drug-likeness (QED) is 0.389. The molecule has 1 fully saturated rings. The van der Waals surface area contributed by atoms with Crippen LogP contribution in [0.5, 0.6) is 0 Å². The fraction of sp³-hybridized carbons (Fsp3) is 0.357. The molecule has 186 valence electrons. The maximum atomic E-state index is 13.7. The van der Waals surface area contributed by atoms with Crippen LogP contribution in [0, 0.1) is 18.3 Å². The molecule has 0 spiro atoms. The number of nitrogens with one attached hydrogen (secondary N) is 2. The summed E-state index contributed by atoms with van der Waals surface area (Å²) in [5.41, 5.74) is 5.90. The first-order valence-corrected chi connectivity index (χ1v) is 12.5. The van der Waals surface area contributed by atoms with Crippen LogP contribution in [0.4, 0.5) is 0 Å². The Morgan fingerprint density at radius 1 is 1.14 bits per heavy atom. The summed E-state index contributed by atoms with van der Waals surface area (Å²) in [4.78, 5) is 18.2. The minimum absolute atomic E-state index is 0.103. The molecule has 1 amide bonds. The van der Waals surface area contributed by atoms with Gasteiger partial charge in [-0.3, -0.25) is 19.9 Å². The molecule has 0 aliphatic heterocycles. The van der Waals surface area contributed by atoms with Gasteiger partial charge in [0, 0.05) is 49.0 Å². The molecule has 3 heterocycles. The number of aryl methyl sites for hydroxylation is 2. The van der Waals surface area contributed by atoms with Crippen molar-refractivity contribution in [1.82, 2.24) is 29.2 Å². The Bertz CT molecular complexity index is 1450. The summed E-state index contributed by atoms with van der Waals surface area (Å²) in [5, 5.41) is 16.1. The summed E-state index contributed by atoms with van der Waals surface area (Å²) in [6, 6.07) is 12.1. The maximum Gasteiger partial charge on any atom is 0.251 e. The minimum Gasteiger partial charge on any atom is -0.343 e. The monoisotopic (exact) mass is 483 g/mol. The molecule has 5 rings (SSSR count). The largest absolute Gasteiger partial charge is 0.343 e. The van der Waals surface area contributed by atoms with Gasteiger partial charge in [-0.1, -0.05) is 0 Å².